The number of hydrogen-bond donors (Lipinski definition) is 1. The Labute approximate surface area is 113 Å². The summed E-state index contributed by atoms with van der Waals surface area (Å²) in [6, 6.07) is 4.20. The second kappa shape index (κ2) is 6.02. The number of ether oxygens (including phenoxy) is 1. The average molecular weight is 268 g/mol. The molecule has 0 saturated heterocycles. The SMILES string of the molecule is COc1ccc(C(=O)N(C)CC(C)(C)CN)c(F)c1. The van der Waals surface area contributed by atoms with Gasteiger partial charge in [-0.2, -0.15) is 0 Å². The quantitative estimate of drug-likeness (QED) is 0.887. The standard InChI is InChI=1S/C14H21FN2O2/c1-14(2,8-16)9-17(3)13(18)11-6-5-10(19-4)7-12(11)15/h5-7H,8-9,16H2,1-4H3. The van der Waals surface area contributed by atoms with Crippen LogP contribution in [0, 0.1) is 11.2 Å². The molecule has 0 unspecified atom stereocenters. The van der Waals surface area contributed by atoms with Gasteiger partial charge in [0.1, 0.15) is 11.6 Å². The van der Waals surface area contributed by atoms with Crippen LogP contribution < -0.4 is 10.5 Å². The van der Waals surface area contributed by atoms with Crippen molar-refractivity contribution in [1.29, 1.82) is 0 Å². The van der Waals surface area contributed by atoms with Crippen molar-refractivity contribution < 1.29 is 13.9 Å². The Morgan fingerprint density at radius 2 is 2.11 bits per heavy atom. The van der Waals surface area contributed by atoms with Crippen LogP contribution in [0.2, 0.25) is 0 Å². The predicted molar refractivity (Wildman–Crippen MR) is 72.7 cm³/mol. The summed E-state index contributed by atoms with van der Waals surface area (Å²) in [6.07, 6.45) is 0. The van der Waals surface area contributed by atoms with Gasteiger partial charge in [0, 0.05) is 19.7 Å². The summed E-state index contributed by atoms with van der Waals surface area (Å²) in [5.41, 5.74) is 5.47. The molecule has 0 fully saturated rings. The van der Waals surface area contributed by atoms with Gasteiger partial charge < -0.3 is 15.4 Å². The largest absolute Gasteiger partial charge is 0.497 e. The zero-order valence-electron chi connectivity index (χ0n) is 11.9. The summed E-state index contributed by atoms with van der Waals surface area (Å²) < 4.78 is 18.7. The van der Waals surface area contributed by atoms with Gasteiger partial charge >= 0.3 is 0 Å². The summed E-state index contributed by atoms with van der Waals surface area (Å²) in [5, 5.41) is 0. The lowest BCUT2D eigenvalue weighted by Crippen LogP contribution is -2.40. The van der Waals surface area contributed by atoms with Crippen molar-refractivity contribution in [2.45, 2.75) is 13.8 Å². The van der Waals surface area contributed by atoms with E-state index in [2.05, 4.69) is 0 Å². The van der Waals surface area contributed by atoms with Gasteiger partial charge in [0.15, 0.2) is 0 Å². The molecule has 0 spiro atoms. The van der Waals surface area contributed by atoms with E-state index in [1.807, 2.05) is 13.8 Å². The topological polar surface area (TPSA) is 55.6 Å². The normalized spacial score (nSPS) is 11.3. The molecule has 106 valence electrons. The molecular weight excluding hydrogens is 247 g/mol. The number of benzene rings is 1. The molecule has 1 rings (SSSR count). The molecule has 0 radical (unpaired) electrons. The van der Waals surface area contributed by atoms with Gasteiger partial charge in [-0.05, 0) is 24.1 Å². The molecule has 2 N–H and O–H groups in total. The minimum atomic E-state index is -0.582. The molecule has 0 atom stereocenters. The smallest absolute Gasteiger partial charge is 0.256 e. The second-order valence-electron chi connectivity index (χ2n) is 5.38. The number of nitrogens with zero attached hydrogens (tertiary/aromatic N) is 1. The van der Waals surface area contributed by atoms with Crippen molar-refractivity contribution in [2.24, 2.45) is 11.1 Å². The highest BCUT2D eigenvalue weighted by Gasteiger charge is 2.23. The molecule has 19 heavy (non-hydrogen) atoms. The Kier molecular flexibility index (Phi) is 4.89. The molecule has 0 saturated carbocycles. The molecule has 0 aliphatic heterocycles. The third-order valence-electron chi connectivity index (χ3n) is 2.97. The van der Waals surface area contributed by atoms with Crippen LogP contribution in [0.1, 0.15) is 24.2 Å². The Morgan fingerprint density at radius 1 is 1.47 bits per heavy atom. The van der Waals surface area contributed by atoms with Crippen LogP contribution in [0.5, 0.6) is 5.75 Å². The number of methoxy groups -OCH3 is 1. The van der Waals surface area contributed by atoms with E-state index in [4.69, 9.17) is 10.5 Å². The predicted octanol–water partition coefficient (Wildman–Crippen LogP) is 1.89. The van der Waals surface area contributed by atoms with E-state index in [0.717, 1.165) is 0 Å². The number of hydrogen-bond acceptors (Lipinski definition) is 3. The van der Waals surface area contributed by atoms with Crippen LogP contribution in [-0.4, -0.2) is 38.1 Å². The van der Waals surface area contributed by atoms with Gasteiger partial charge in [0.25, 0.3) is 5.91 Å². The Morgan fingerprint density at radius 3 is 2.58 bits per heavy atom. The van der Waals surface area contributed by atoms with E-state index in [0.29, 0.717) is 18.8 Å². The first-order valence-corrected chi connectivity index (χ1v) is 6.10. The summed E-state index contributed by atoms with van der Waals surface area (Å²) in [5.74, 6) is -0.553. The molecule has 0 aliphatic rings. The van der Waals surface area contributed by atoms with Gasteiger partial charge in [-0.15, -0.1) is 0 Å². The van der Waals surface area contributed by atoms with Gasteiger partial charge in [-0.25, -0.2) is 4.39 Å². The first kappa shape index (κ1) is 15.4. The molecule has 1 aromatic carbocycles. The third-order valence-corrected chi connectivity index (χ3v) is 2.97. The summed E-state index contributed by atoms with van der Waals surface area (Å²) >= 11 is 0. The number of carbonyl (C=O) groups excluding carboxylic acids is 1. The van der Waals surface area contributed by atoms with Crippen LogP contribution in [-0.2, 0) is 0 Å². The Hall–Kier alpha value is -1.62. The van der Waals surface area contributed by atoms with Crippen LogP contribution >= 0.6 is 0 Å². The highest BCUT2D eigenvalue weighted by molar-refractivity contribution is 5.94. The minimum Gasteiger partial charge on any atom is -0.497 e. The van der Waals surface area contributed by atoms with Gasteiger partial charge in [0.2, 0.25) is 0 Å². The van der Waals surface area contributed by atoms with E-state index in [1.165, 1.54) is 24.1 Å². The minimum absolute atomic E-state index is 0.0381. The molecular formula is C14H21FN2O2. The molecule has 0 bridgehead atoms. The van der Waals surface area contributed by atoms with Crippen molar-refractivity contribution in [2.75, 3.05) is 27.2 Å². The molecule has 5 heteroatoms. The van der Waals surface area contributed by atoms with E-state index < -0.39 is 5.82 Å². The lowest BCUT2D eigenvalue weighted by atomic mass is 9.93. The molecule has 0 aliphatic carbocycles. The third kappa shape index (κ3) is 3.92. The van der Waals surface area contributed by atoms with Crippen molar-refractivity contribution in [3.05, 3.63) is 29.6 Å². The number of halogens is 1. The molecule has 0 heterocycles. The van der Waals surface area contributed by atoms with Crippen molar-refractivity contribution in [1.82, 2.24) is 4.90 Å². The zero-order valence-corrected chi connectivity index (χ0v) is 11.9. The maximum Gasteiger partial charge on any atom is 0.256 e. The number of nitrogens with two attached hydrogens (primary N) is 1. The van der Waals surface area contributed by atoms with E-state index >= 15 is 0 Å². The van der Waals surface area contributed by atoms with Gasteiger partial charge in [-0.1, -0.05) is 13.8 Å². The number of carbonyl (C=O) groups is 1. The Bertz CT molecular complexity index is 461. The fourth-order valence-electron chi connectivity index (χ4n) is 1.78. The van der Waals surface area contributed by atoms with E-state index in [-0.39, 0.29) is 16.9 Å². The molecule has 0 aromatic heterocycles. The van der Waals surface area contributed by atoms with Gasteiger partial charge in [-0.3, -0.25) is 4.79 Å². The maximum absolute atomic E-state index is 13.8. The molecule has 1 aromatic rings. The van der Waals surface area contributed by atoms with E-state index in [1.54, 1.807) is 13.1 Å². The lowest BCUT2D eigenvalue weighted by molar-refractivity contribution is 0.0736. The van der Waals surface area contributed by atoms with Crippen LogP contribution in [0.25, 0.3) is 0 Å². The lowest BCUT2D eigenvalue weighted by Gasteiger charge is -2.29. The summed E-state index contributed by atoms with van der Waals surface area (Å²) in [4.78, 5) is 13.6. The zero-order chi connectivity index (χ0) is 14.6. The maximum atomic E-state index is 13.8. The molecule has 1 amide bonds. The fraction of sp³-hybridized carbons (Fsp3) is 0.500. The number of amides is 1. The van der Waals surface area contributed by atoms with E-state index in [9.17, 15) is 9.18 Å². The first-order chi connectivity index (χ1) is 8.80. The Balaban J connectivity index is 2.88. The molecule has 4 nitrogen and oxygen atoms in total. The second-order valence-corrected chi connectivity index (χ2v) is 5.38. The van der Waals surface area contributed by atoms with Crippen molar-refractivity contribution in [3.63, 3.8) is 0 Å². The summed E-state index contributed by atoms with van der Waals surface area (Å²) in [7, 11) is 3.09. The highest BCUT2D eigenvalue weighted by atomic mass is 19.1. The first-order valence-electron chi connectivity index (χ1n) is 6.10. The highest BCUT2D eigenvalue weighted by Crippen LogP contribution is 2.20. The van der Waals surface area contributed by atoms with Crippen LogP contribution in [0.3, 0.4) is 0 Å². The van der Waals surface area contributed by atoms with Crippen molar-refractivity contribution >= 4 is 5.91 Å². The summed E-state index contributed by atoms with van der Waals surface area (Å²) in [6.45, 7) is 4.84. The van der Waals surface area contributed by atoms with Crippen LogP contribution in [0.15, 0.2) is 18.2 Å². The van der Waals surface area contributed by atoms with Crippen molar-refractivity contribution in [3.8, 4) is 5.75 Å². The number of rotatable bonds is 5. The average Bonchev–Trinajstić information content (AvgIpc) is 2.37. The van der Waals surface area contributed by atoms with Gasteiger partial charge in [0.05, 0.1) is 12.7 Å². The van der Waals surface area contributed by atoms with Crippen LogP contribution in [0.4, 0.5) is 4.39 Å². The monoisotopic (exact) mass is 268 g/mol. The fourth-order valence-corrected chi connectivity index (χ4v) is 1.78.